The zero-order valence-electron chi connectivity index (χ0n) is 27.1. The van der Waals surface area contributed by atoms with Crippen LogP contribution in [0, 0.1) is 5.92 Å². The van der Waals surface area contributed by atoms with E-state index in [1.165, 1.54) is 66.0 Å². The minimum Gasteiger partial charge on any atom is -0.333 e. The average Bonchev–Trinajstić information content (AvgIpc) is 3.42. The molecular formula is C40H48N2. The van der Waals surface area contributed by atoms with E-state index < -0.39 is 0 Å². The summed E-state index contributed by atoms with van der Waals surface area (Å²) in [6, 6.07) is 18.6. The van der Waals surface area contributed by atoms with Crippen LogP contribution in [0.2, 0.25) is 0 Å². The van der Waals surface area contributed by atoms with Gasteiger partial charge in [-0.15, -0.1) is 0 Å². The van der Waals surface area contributed by atoms with Crippen molar-refractivity contribution in [1.29, 1.82) is 0 Å². The van der Waals surface area contributed by atoms with E-state index in [1.807, 2.05) is 0 Å². The van der Waals surface area contributed by atoms with Gasteiger partial charge in [0, 0.05) is 50.1 Å². The van der Waals surface area contributed by atoms with Gasteiger partial charge in [0.1, 0.15) is 0 Å². The highest BCUT2D eigenvalue weighted by Crippen LogP contribution is 2.64. The van der Waals surface area contributed by atoms with Gasteiger partial charge in [-0.1, -0.05) is 110 Å². The van der Waals surface area contributed by atoms with E-state index in [0.29, 0.717) is 5.92 Å². The standard InChI is InChI=1S/C40H48N2/c1-36(2)20-14-21-38(5,6)34-32(36)26-15-9-11-17-29(26)41(34)31-19-13-22-40(25-28(31)40)42-30-18-12-10-16-27(30)33-35(42)39(7,8)24-23-37(33,3)4/h9-13,15-19,22,28H,14,20-21,23-25H2,1-8H3. The molecule has 0 bridgehead atoms. The zero-order valence-corrected chi connectivity index (χ0v) is 27.1. The number of aromatic nitrogens is 2. The highest BCUT2D eigenvalue weighted by Gasteiger charge is 2.60. The van der Waals surface area contributed by atoms with Gasteiger partial charge in [0.2, 0.25) is 0 Å². The lowest BCUT2D eigenvalue weighted by atomic mass is 9.65. The predicted octanol–water partition coefficient (Wildman–Crippen LogP) is 10.5. The molecule has 2 aromatic heterocycles. The third-order valence-electron chi connectivity index (χ3n) is 12.0. The van der Waals surface area contributed by atoms with Crippen molar-refractivity contribution in [2.45, 2.75) is 121 Å². The first kappa shape index (κ1) is 26.6. The second-order valence-electron chi connectivity index (χ2n) is 16.7. The molecule has 0 saturated heterocycles. The van der Waals surface area contributed by atoms with Crippen molar-refractivity contribution in [3.63, 3.8) is 0 Å². The molecule has 42 heavy (non-hydrogen) atoms. The summed E-state index contributed by atoms with van der Waals surface area (Å²) < 4.78 is 5.59. The number of hydrogen-bond donors (Lipinski definition) is 0. The van der Waals surface area contributed by atoms with Crippen LogP contribution in [0.25, 0.3) is 27.5 Å². The van der Waals surface area contributed by atoms with E-state index in [0.717, 1.165) is 0 Å². The van der Waals surface area contributed by atoms with Crippen molar-refractivity contribution in [1.82, 2.24) is 9.13 Å². The number of para-hydroxylation sites is 2. The fraction of sp³-hybridized carbons (Fsp3) is 0.500. The molecule has 2 heteroatoms. The van der Waals surface area contributed by atoms with Gasteiger partial charge in [-0.05, 0) is 72.3 Å². The fourth-order valence-corrected chi connectivity index (χ4v) is 9.71. The van der Waals surface area contributed by atoms with Crippen molar-refractivity contribution in [2.75, 3.05) is 0 Å². The Morgan fingerprint density at radius 1 is 0.619 bits per heavy atom. The molecule has 2 unspecified atom stereocenters. The molecule has 2 nitrogen and oxygen atoms in total. The van der Waals surface area contributed by atoms with Gasteiger partial charge in [-0.3, -0.25) is 0 Å². The number of allylic oxidation sites excluding steroid dienone is 4. The lowest BCUT2D eigenvalue weighted by Crippen LogP contribution is -2.37. The van der Waals surface area contributed by atoms with Gasteiger partial charge < -0.3 is 9.13 Å². The second-order valence-corrected chi connectivity index (χ2v) is 16.7. The molecule has 2 heterocycles. The Kier molecular flexibility index (Phi) is 5.15. The Hall–Kier alpha value is -3.00. The molecule has 0 amide bonds. The Labute approximate surface area is 252 Å². The van der Waals surface area contributed by atoms with Crippen LogP contribution in [0.1, 0.15) is 116 Å². The molecule has 2 atom stereocenters. The van der Waals surface area contributed by atoms with E-state index in [1.54, 1.807) is 22.5 Å². The lowest BCUT2D eigenvalue weighted by molar-refractivity contribution is 0.310. The predicted molar refractivity (Wildman–Crippen MR) is 179 cm³/mol. The first-order valence-corrected chi connectivity index (χ1v) is 16.5. The van der Waals surface area contributed by atoms with Crippen LogP contribution in [-0.4, -0.2) is 9.13 Å². The van der Waals surface area contributed by atoms with Crippen LogP contribution in [0.15, 0.2) is 66.8 Å². The van der Waals surface area contributed by atoms with Crippen LogP contribution >= 0.6 is 0 Å². The number of hydrogen-bond acceptors (Lipinski definition) is 0. The van der Waals surface area contributed by atoms with E-state index in [4.69, 9.17) is 0 Å². The molecule has 0 radical (unpaired) electrons. The first-order chi connectivity index (χ1) is 19.8. The smallest absolute Gasteiger partial charge is 0.0725 e. The Balaban J connectivity index is 1.38. The van der Waals surface area contributed by atoms with Crippen LogP contribution in [-0.2, 0) is 27.2 Å². The molecule has 4 aliphatic carbocycles. The van der Waals surface area contributed by atoms with Crippen LogP contribution < -0.4 is 0 Å². The maximum atomic E-state index is 2.84. The number of fused-ring (bicyclic) bond motifs is 7. The molecule has 4 aromatic rings. The summed E-state index contributed by atoms with van der Waals surface area (Å²) in [5.41, 5.74) is 11.3. The monoisotopic (exact) mass is 556 g/mol. The van der Waals surface area contributed by atoms with E-state index in [9.17, 15) is 0 Å². The van der Waals surface area contributed by atoms with Crippen molar-refractivity contribution in [2.24, 2.45) is 5.92 Å². The molecule has 1 fully saturated rings. The maximum Gasteiger partial charge on any atom is 0.0725 e. The lowest BCUT2D eigenvalue weighted by Gasteiger charge is -2.42. The van der Waals surface area contributed by atoms with Crippen LogP contribution in [0.4, 0.5) is 0 Å². The third kappa shape index (κ3) is 3.33. The van der Waals surface area contributed by atoms with Gasteiger partial charge in [0.05, 0.1) is 11.1 Å². The number of benzene rings is 2. The third-order valence-corrected chi connectivity index (χ3v) is 12.0. The minimum absolute atomic E-state index is 0.00932. The normalized spacial score (nSPS) is 28.1. The molecule has 0 spiro atoms. The Bertz CT molecular complexity index is 1850. The van der Waals surface area contributed by atoms with Crippen molar-refractivity contribution in [3.05, 3.63) is 89.3 Å². The molecule has 1 saturated carbocycles. The Morgan fingerprint density at radius 3 is 1.90 bits per heavy atom. The molecule has 0 N–H and O–H groups in total. The second kappa shape index (κ2) is 8.13. The van der Waals surface area contributed by atoms with Crippen molar-refractivity contribution >= 4 is 27.5 Å². The molecule has 0 aliphatic heterocycles. The summed E-state index contributed by atoms with van der Waals surface area (Å²) >= 11 is 0. The summed E-state index contributed by atoms with van der Waals surface area (Å²) in [6.45, 7) is 19.9. The van der Waals surface area contributed by atoms with Gasteiger partial charge in [0.15, 0.2) is 0 Å². The first-order valence-electron chi connectivity index (χ1n) is 16.5. The molecular weight excluding hydrogens is 508 g/mol. The van der Waals surface area contributed by atoms with Gasteiger partial charge >= 0.3 is 0 Å². The van der Waals surface area contributed by atoms with Crippen molar-refractivity contribution < 1.29 is 0 Å². The number of nitrogens with zero attached hydrogens (tertiary/aromatic N) is 2. The minimum atomic E-state index is -0.00932. The van der Waals surface area contributed by atoms with Gasteiger partial charge in [-0.25, -0.2) is 0 Å². The molecule has 2 aromatic carbocycles. The SMILES string of the molecule is CC1(C)CCCC(C)(C)c2c1c1ccccc1n2C1=CC=CC2(n3c4c(c5ccccc53)C(C)(C)CCC4(C)C)CC12. The Morgan fingerprint density at radius 2 is 1.17 bits per heavy atom. The van der Waals surface area contributed by atoms with Crippen LogP contribution in [0.5, 0.6) is 0 Å². The average molecular weight is 557 g/mol. The molecule has 8 rings (SSSR count). The van der Waals surface area contributed by atoms with E-state index in [-0.39, 0.29) is 27.2 Å². The molecule has 218 valence electrons. The highest BCUT2D eigenvalue weighted by molar-refractivity contribution is 5.92. The zero-order chi connectivity index (χ0) is 29.4. The van der Waals surface area contributed by atoms with Gasteiger partial charge in [-0.2, -0.15) is 0 Å². The summed E-state index contributed by atoms with van der Waals surface area (Å²) in [6.07, 6.45) is 14.8. The number of rotatable bonds is 2. The summed E-state index contributed by atoms with van der Waals surface area (Å²) in [5, 5.41) is 2.93. The summed E-state index contributed by atoms with van der Waals surface area (Å²) in [4.78, 5) is 0. The maximum absolute atomic E-state index is 2.84. The topological polar surface area (TPSA) is 9.86 Å². The van der Waals surface area contributed by atoms with Gasteiger partial charge in [0.25, 0.3) is 0 Å². The summed E-state index contributed by atoms with van der Waals surface area (Å²) in [7, 11) is 0. The molecule has 4 aliphatic rings. The quantitative estimate of drug-likeness (QED) is 0.217. The van der Waals surface area contributed by atoms with E-state index >= 15 is 0 Å². The van der Waals surface area contributed by atoms with E-state index in [2.05, 4.69) is 131 Å². The highest BCUT2D eigenvalue weighted by atomic mass is 15.2. The fourth-order valence-electron chi connectivity index (χ4n) is 9.71. The largest absolute Gasteiger partial charge is 0.333 e. The summed E-state index contributed by atoms with van der Waals surface area (Å²) in [5.74, 6) is 0.463. The van der Waals surface area contributed by atoms with Crippen molar-refractivity contribution in [3.8, 4) is 0 Å². The van der Waals surface area contributed by atoms with Crippen LogP contribution in [0.3, 0.4) is 0 Å².